The van der Waals surface area contributed by atoms with Crippen LogP contribution in [0.15, 0.2) is 36.4 Å². The van der Waals surface area contributed by atoms with Gasteiger partial charge >= 0.3 is 5.97 Å². The Bertz CT molecular complexity index is 821. The summed E-state index contributed by atoms with van der Waals surface area (Å²) in [5.74, 6) is 0.107. The first-order chi connectivity index (χ1) is 12.5. The van der Waals surface area contributed by atoms with E-state index in [2.05, 4.69) is 12.2 Å². The Morgan fingerprint density at radius 2 is 1.62 bits per heavy atom. The summed E-state index contributed by atoms with van der Waals surface area (Å²) in [4.78, 5) is 40.2. The van der Waals surface area contributed by atoms with Gasteiger partial charge in [0.05, 0.1) is 29.2 Å². The Morgan fingerprint density at radius 3 is 2.19 bits per heavy atom. The van der Waals surface area contributed by atoms with E-state index in [1.54, 1.807) is 38.1 Å². The van der Waals surface area contributed by atoms with E-state index in [4.69, 9.17) is 4.74 Å². The van der Waals surface area contributed by atoms with Crippen molar-refractivity contribution in [3.8, 4) is 0 Å². The largest absolute Gasteiger partial charge is 0.459 e. The van der Waals surface area contributed by atoms with E-state index in [9.17, 15) is 14.4 Å². The van der Waals surface area contributed by atoms with Crippen molar-refractivity contribution in [1.82, 2.24) is 0 Å². The second-order valence-electron chi connectivity index (χ2n) is 8.14. The van der Waals surface area contributed by atoms with Crippen LogP contribution in [0.25, 0.3) is 0 Å². The van der Waals surface area contributed by atoms with Gasteiger partial charge in [-0.3, -0.25) is 9.59 Å². The van der Waals surface area contributed by atoms with Crippen molar-refractivity contribution in [2.24, 2.45) is 35.5 Å². The van der Waals surface area contributed by atoms with E-state index in [0.717, 1.165) is 6.42 Å². The Hall–Kier alpha value is -2.43. The molecular formula is C21H21NO4. The highest BCUT2D eigenvalue weighted by molar-refractivity contribution is 6.24. The fourth-order valence-corrected chi connectivity index (χ4v) is 5.31. The summed E-state index contributed by atoms with van der Waals surface area (Å²) in [6, 6.07) is 6.75. The number of para-hydroxylation sites is 1. The van der Waals surface area contributed by atoms with Gasteiger partial charge in [0.25, 0.3) is 0 Å². The molecule has 26 heavy (non-hydrogen) atoms. The van der Waals surface area contributed by atoms with Crippen LogP contribution < -0.4 is 4.90 Å². The van der Waals surface area contributed by atoms with Gasteiger partial charge in [-0.05, 0) is 56.1 Å². The van der Waals surface area contributed by atoms with Gasteiger partial charge < -0.3 is 4.74 Å². The van der Waals surface area contributed by atoms with Gasteiger partial charge in [0.2, 0.25) is 11.8 Å². The smallest absolute Gasteiger partial charge is 0.340 e. The normalized spacial score (nSPS) is 36.3. The number of carbonyl (C=O) groups is 3. The number of nitrogens with zero attached hydrogens (tertiary/aromatic N) is 1. The number of hydrogen-bond acceptors (Lipinski definition) is 4. The Morgan fingerprint density at radius 1 is 1.04 bits per heavy atom. The molecule has 6 atom stereocenters. The molecule has 6 rings (SSSR count). The third-order valence-corrected chi connectivity index (χ3v) is 6.37. The Labute approximate surface area is 152 Å². The second-order valence-corrected chi connectivity index (χ2v) is 8.14. The number of carbonyl (C=O) groups excluding carboxylic acids is 3. The number of allylic oxidation sites excluding steroid dienone is 2. The predicted octanol–water partition coefficient (Wildman–Crippen LogP) is 2.81. The molecule has 1 aromatic carbocycles. The average Bonchev–Trinajstić information content (AvgIpc) is 3.39. The van der Waals surface area contributed by atoms with Crippen LogP contribution in [0.2, 0.25) is 0 Å². The first kappa shape index (κ1) is 15.8. The highest BCUT2D eigenvalue weighted by Crippen LogP contribution is 2.65. The first-order valence-electron chi connectivity index (χ1n) is 9.35. The summed E-state index contributed by atoms with van der Waals surface area (Å²) in [5, 5.41) is 0. The monoisotopic (exact) mass is 351 g/mol. The van der Waals surface area contributed by atoms with Crippen LogP contribution in [-0.2, 0) is 14.3 Å². The summed E-state index contributed by atoms with van der Waals surface area (Å²) in [6.45, 7) is 3.55. The van der Waals surface area contributed by atoms with E-state index in [0.29, 0.717) is 17.5 Å². The van der Waals surface area contributed by atoms with Crippen LogP contribution in [0.1, 0.15) is 30.6 Å². The van der Waals surface area contributed by atoms with E-state index in [-0.39, 0.29) is 47.2 Å². The number of rotatable bonds is 3. The number of hydrogen-bond donors (Lipinski definition) is 0. The molecule has 3 fully saturated rings. The topological polar surface area (TPSA) is 63.7 Å². The maximum atomic E-state index is 13.2. The minimum Gasteiger partial charge on any atom is -0.459 e. The van der Waals surface area contributed by atoms with Gasteiger partial charge in [-0.15, -0.1) is 0 Å². The van der Waals surface area contributed by atoms with Crippen molar-refractivity contribution < 1.29 is 19.1 Å². The lowest BCUT2D eigenvalue weighted by molar-refractivity contribution is -0.124. The van der Waals surface area contributed by atoms with Crippen molar-refractivity contribution in [1.29, 1.82) is 0 Å². The number of imide groups is 1. The molecule has 1 heterocycles. The van der Waals surface area contributed by atoms with Gasteiger partial charge in [0.15, 0.2) is 0 Å². The third-order valence-electron chi connectivity index (χ3n) is 6.37. The number of benzene rings is 1. The van der Waals surface area contributed by atoms with Gasteiger partial charge in [-0.25, -0.2) is 9.69 Å². The first-order valence-corrected chi connectivity index (χ1v) is 9.35. The van der Waals surface area contributed by atoms with Crippen molar-refractivity contribution in [2.45, 2.75) is 26.4 Å². The molecule has 1 aliphatic heterocycles. The highest BCUT2D eigenvalue weighted by Gasteiger charge is 2.67. The predicted molar refractivity (Wildman–Crippen MR) is 94.2 cm³/mol. The minimum absolute atomic E-state index is 0.158. The molecule has 0 spiro atoms. The zero-order chi connectivity index (χ0) is 18.2. The lowest BCUT2D eigenvalue weighted by Crippen LogP contribution is -2.40. The molecule has 0 aromatic heterocycles. The van der Waals surface area contributed by atoms with E-state index >= 15 is 0 Å². The standard InChI is InChI=1S/C21H21NO4/c1-10(2)26-21(25)13-5-3-4-6-16(13)22-19(23)17-11-7-8-12(15-9-14(11)15)18(17)20(22)24/h3-8,10-12,14-15,17-18H,9H2,1-2H3/t11-,12-,14-,15-,17-,18+/m0/s1. The molecular weight excluding hydrogens is 330 g/mol. The van der Waals surface area contributed by atoms with Gasteiger partial charge in [-0.1, -0.05) is 24.3 Å². The van der Waals surface area contributed by atoms with Gasteiger partial charge in [-0.2, -0.15) is 0 Å². The number of anilines is 1. The number of amides is 2. The summed E-state index contributed by atoms with van der Waals surface area (Å²) in [7, 11) is 0. The highest BCUT2D eigenvalue weighted by atomic mass is 16.5. The average molecular weight is 351 g/mol. The molecule has 2 bridgehead atoms. The summed E-state index contributed by atoms with van der Waals surface area (Å²) < 4.78 is 5.30. The van der Waals surface area contributed by atoms with Gasteiger partial charge in [0.1, 0.15) is 0 Å². The van der Waals surface area contributed by atoms with Crippen molar-refractivity contribution in [3.05, 3.63) is 42.0 Å². The van der Waals surface area contributed by atoms with Crippen molar-refractivity contribution in [2.75, 3.05) is 4.90 Å². The molecule has 1 aromatic rings. The van der Waals surface area contributed by atoms with Gasteiger partial charge in [0, 0.05) is 0 Å². The molecule has 2 saturated carbocycles. The SMILES string of the molecule is CC(C)OC(=O)c1ccccc1N1C(=O)[C@@H]2[C@H]3C=C[C@@H]([C@@H]4C[C@@H]34)[C@@H]2C1=O. The van der Waals surface area contributed by atoms with E-state index in [1.807, 2.05) is 0 Å². The fourth-order valence-electron chi connectivity index (χ4n) is 5.31. The Balaban J connectivity index is 1.54. The molecule has 0 unspecified atom stereocenters. The van der Waals surface area contributed by atoms with Crippen LogP contribution in [0.5, 0.6) is 0 Å². The minimum atomic E-state index is -0.505. The van der Waals surface area contributed by atoms with Crippen LogP contribution in [0.3, 0.4) is 0 Å². The molecule has 5 aliphatic rings. The molecule has 2 amide bonds. The Kier molecular flexibility index (Phi) is 3.21. The quantitative estimate of drug-likeness (QED) is 0.477. The molecule has 134 valence electrons. The molecule has 0 radical (unpaired) electrons. The molecule has 1 saturated heterocycles. The molecule has 5 nitrogen and oxygen atoms in total. The van der Waals surface area contributed by atoms with Crippen molar-refractivity contribution in [3.63, 3.8) is 0 Å². The van der Waals surface area contributed by atoms with E-state index in [1.165, 1.54) is 4.90 Å². The summed E-state index contributed by atoms with van der Waals surface area (Å²) in [5.41, 5.74) is 0.627. The third kappa shape index (κ3) is 2.00. The van der Waals surface area contributed by atoms with Crippen LogP contribution in [0.4, 0.5) is 5.69 Å². The zero-order valence-corrected chi connectivity index (χ0v) is 14.8. The molecule has 4 aliphatic carbocycles. The van der Waals surface area contributed by atoms with Crippen molar-refractivity contribution >= 4 is 23.5 Å². The maximum Gasteiger partial charge on any atom is 0.340 e. The summed E-state index contributed by atoms with van der Waals surface area (Å²) in [6.07, 6.45) is 5.16. The van der Waals surface area contributed by atoms with Crippen LogP contribution >= 0.6 is 0 Å². The molecule has 5 heteroatoms. The lowest BCUT2D eigenvalue weighted by atomic mass is 9.63. The molecule has 0 N–H and O–H groups in total. The van der Waals surface area contributed by atoms with Crippen LogP contribution in [-0.4, -0.2) is 23.9 Å². The zero-order valence-electron chi connectivity index (χ0n) is 14.8. The van der Waals surface area contributed by atoms with Crippen LogP contribution in [0, 0.1) is 35.5 Å². The van der Waals surface area contributed by atoms with E-state index < -0.39 is 5.97 Å². The fraction of sp³-hybridized carbons (Fsp3) is 0.476. The second kappa shape index (κ2) is 5.29. The number of ether oxygens (including phenoxy) is 1. The summed E-state index contributed by atoms with van der Waals surface area (Å²) >= 11 is 0. The lowest BCUT2D eigenvalue weighted by Gasteiger charge is -2.37. The number of esters is 1. The maximum absolute atomic E-state index is 13.2.